The Morgan fingerprint density at radius 2 is 0.939 bits per heavy atom. The second-order valence-electron chi connectivity index (χ2n) is 6.83. The van der Waals surface area contributed by atoms with Crippen molar-refractivity contribution in [1.29, 1.82) is 0 Å². The smallest absolute Gasteiger partial charge is 0.372 e. The minimum Gasteiger partial charge on any atom is -0.476 e. The number of ether oxygens (including phenoxy) is 7. The van der Waals surface area contributed by atoms with E-state index < -0.39 is 17.7 Å². The average molecular weight is 481 g/mol. The van der Waals surface area contributed by atoms with Gasteiger partial charge in [0.05, 0.1) is 79.1 Å². The molecule has 0 heterocycles. The van der Waals surface area contributed by atoms with Gasteiger partial charge in [0.2, 0.25) is 5.78 Å². The van der Waals surface area contributed by atoms with Crippen LogP contribution in [0, 0.1) is 0 Å². The first-order chi connectivity index (χ1) is 16.1. The first-order valence-corrected chi connectivity index (χ1v) is 11.5. The third-order valence-corrected chi connectivity index (χ3v) is 4.04. The molecule has 0 aromatic rings. The molecule has 33 heavy (non-hydrogen) atoms. The number of ketones is 1. The highest BCUT2D eigenvalue weighted by atomic mass is 16.6. The molecule has 11 heteroatoms. The predicted molar refractivity (Wildman–Crippen MR) is 117 cm³/mol. The van der Waals surface area contributed by atoms with Gasteiger partial charge in [-0.3, -0.25) is 9.59 Å². The molecule has 194 valence electrons. The highest BCUT2D eigenvalue weighted by Gasteiger charge is 2.14. The van der Waals surface area contributed by atoms with E-state index in [2.05, 4.69) is 6.92 Å². The van der Waals surface area contributed by atoms with Crippen molar-refractivity contribution in [3.63, 3.8) is 0 Å². The Kier molecular flexibility index (Phi) is 23.8. The van der Waals surface area contributed by atoms with Crippen LogP contribution in [0.15, 0.2) is 0 Å². The van der Waals surface area contributed by atoms with Crippen LogP contribution in [0.4, 0.5) is 0 Å². The molecule has 0 spiro atoms. The molecule has 0 aliphatic heterocycles. The molecule has 0 radical (unpaired) electrons. The number of carbonyl (C=O) groups excluding carboxylic acids is 2. The van der Waals surface area contributed by atoms with E-state index in [9.17, 15) is 14.4 Å². The topological polar surface area (TPSA) is 136 Å². The molecule has 0 rings (SSSR count). The Morgan fingerprint density at radius 3 is 1.33 bits per heavy atom. The van der Waals surface area contributed by atoms with Crippen LogP contribution in [-0.2, 0) is 47.5 Å². The number of hydrogen-bond acceptors (Lipinski definition) is 10. The van der Waals surface area contributed by atoms with Crippen molar-refractivity contribution in [2.45, 2.75) is 39.0 Å². The van der Waals surface area contributed by atoms with Crippen molar-refractivity contribution in [2.24, 2.45) is 0 Å². The van der Waals surface area contributed by atoms with Gasteiger partial charge in [-0.2, -0.15) is 0 Å². The van der Waals surface area contributed by atoms with Gasteiger partial charge < -0.3 is 38.3 Å². The van der Waals surface area contributed by atoms with Gasteiger partial charge in [0, 0.05) is 13.0 Å². The summed E-state index contributed by atoms with van der Waals surface area (Å²) in [6.45, 7) is 7.97. The molecular weight excluding hydrogens is 440 g/mol. The molecule has 11 nitrogen and oxygen atoms in total. The van der Waals surface area contributed by atoms with Crippen LogP contribution in [0.1, 0.15) is 39.0 Å². The summed E-state index contributed by atoms with van der Waals surface area (Å²) in [7, 11) is 0. The Bertz CT molecular complexity index is 485. The molecule has 0 saturated carbocycles. The summed E-state index contributed by atoms with van der Waals surface area (Å²) in [4.78, 5) is 32.5. The first-order valence-electron chi connectivity index (χ1n) is 11.5. The van der Waals surface area contributed by atoms with Gasteiger partial charge in [0.15, 0.2) is 0 Å². The maximum atomic E-state index is 11.3. The quantitative estimate of drug-likeness (QED) is 0.109. The summed E-state index contributed by atoms with van der Waals surface area (Å²) in [6, 6.07) is 0. The fourth-order valence-corrected chi connectivity index (χ4v) is 2.26. The summed E-state index contributed by atoms with van der Waals surface area (Å²) >= 11 is 0. The van der Waals surface area contributed by atoms with Crippen molar-refractivity contribution in [3.8, 4) is 0 Å². The molecule has 0 aliphatic carbocycles. The van der Waals surface area contributed by atoms with Crippen LogP contribution >= 0.6 is 0 Å². The van der Waals surface area contributed by atoms with Crippen LogP contribution in [0.2, 0.25) is 0 Å². The lowest BCUT2D eigenvalue weighted by Gasteiger charge is -2.08. The number of unbranched alkanes of at least 4 members (excludes halogenated alkanes) is 2. The van der Waals surface area contributed by atoms with Crippen LogP contribution in [0.3, 0.4) is 0 Å². The third-order valence-electron chi connectivity index (χ3n) is 4.04. The van der Waals surface area contributed by atoms with E-state index in [1.165, 1.54) is 12.8 Å². The van der Waals surface area contributed by atoms with Gasteiger partial charge in [-0.25, -0.2) is 4.79 Å². The van der Waals surface area contributed by atoms with Gasteiger partial charge in [-0.15, -0.1) is 0 Å². The summed E-state index contributed by atoms with van der Waals surface area (Å²) in [5.41, 5.74) is 0. The number of esters is 1. The van der Waals surface area contributed by atoms with Crippen LogP contribution in [0.25, 0.3) is 0 Å². The lowest BCUT2D eigenvalue weighted by molar-refractivity contribution is -0.151. The van der Waals surface area contributed by atoms with E-state index in [1.807, 2.05) is 0 Å². The summed E-state index contributed by atoms with van der Waals surface area (Å²) in [5, 5.41) is 8.40. The standard InChI is InChI=1S/C22H40O11/c1-2-3-4-7-27-8-9-28-10-11-29-12-13-30-14-15-31-16-17-32-18-19-33-21(24)6-5-20(23)22(25)26/h2-19H2,1H3,(H,25,26). The number of carbonyl (C=O) groups is 3. The molecule has 0 amide bonds. The molecule has 0 bridgehead atoms. The zero-order valence-electron chi connectivity index (χ0n) is 19.8. The van der Waals surface area contributed by atoms with Crippen LogP contribution in [-0.4, -0.2) is 109 Å². The number of Topliss-reactive ketones (excluding diaryl/α,β-unsaturated/α-hetero) is 1. The normalized spacial score (nSPS) is 10.9. The summed E-state index contributed by atoms with van der Waals surface area (Å²) in [6.07, 6.45) is 2.85. The molecule has 0 fully saturated rings. The molecule has 0 atom stereocenters. The van der Waals surface area contributed by atoms with Crippen molar-refractivity contribution in [3.05, 3.63) is 0 Å². The fourth-order valence-electron chi connectivity index (χ4n) is 2.26. The van der Waals surface area contributed by atoms with Crippen molar-refractivity contribution in [2.75, 3.05) is 85.9 Å². The molecule has 0 unspecified atom stereocenters. The molecule has 0 aromatic heterocycles. The fraction of sp³-hybridized carbons (Fsp3) is 0.864. The van der Waals surface area contributed by atoms with Gasteiger partial charge in [-0.1, -0.05) is 19.8 Å². The van der Waals surface area contributed by atoms with Crippen molar-refractivity contribution >= 4 is 17.7 Å². The minimum absolute atomic E-state index is 0.0288. The van der Waals surface area contributed by atoms with Gasteiger partial charge >= 0.3 is 11.9 Å². The second kappa shape index (κ2) is 25.0. The zero-order valence-corrected chi connectivity index (χ0v) is 19.8. The van der Waals surface area contributed by atoms with Gasteiger partial charge in [0.25, 0.3) is 0 Å². The number of carboxylic acids is 1. The highest BCUT2D eigenvalue weighted by Crippen LogP contribution is 1.95. The van der Waals surface area contributed by atoms with E-state index >= 15 is 0 Å². The second-order valence-corrected chi connectivity index (χ2v) is 6.83. The number of hydrogen-bond donors (Lipinski definition) is 1. The first kappa shape index (κ1) is 31.4. The molecular formula is C22H40O11. The maximum absolute atomic E-state index is 11.3. The lowest BCUT2D eigenvalue weighted by Crippen LogP contribution is -2.17. The highest BCUT2D eigenvalue weighted by molar-refractivity contribution is 6.32. The van der Waals surface area contributed by atoms with Gasteiger partial charge in [-0.05, 0) is 6.42 Å². The number of aliphatic carboxylic acids is 1. The SMILES string of the molecule is CCCCCOCCOCCOCCOCCOCCOCCOC(=O)CCC(=O)C(=O)O. The number of carboxylic acid groups (broad SMARTS) is 1. The Morgan fingerprint density at radius 1 is 0.545 bits per heavy atom. The van der Waals surface area contributed by atoms with Crippen molar-refractivity contribution < 1.29 is 52.6 Å². The van der Waals surface area contributed by atoms with Crippen LogP contribution < -0.4 is 0 Å². The molecule has 1 N–H and O–H groups in total. The molecule has 0 aromatic carbocycles. The van der Waals surface area contributed by atoms with E-state index in [0.29, 0.717) is 66.1 Å². The molecule has 0 saturated heterocycles. The van der Waals surface area contributed by atoms with E-state index in [4.69, 9.17) is 38.3 Å². The zero-order chi connectivity index (χ0) is 24.4. The molecule has 0 aliphatic rings. The maximum Gasteiger partial charge on any atom is 0.372 e. The predicted octanol–water partition coefficient (Wildman–Crippen LogP) is 1.25. The Hall–Kier alpha value is -1.63. The largest absolute Gasteiger partial charge is 0.476 e. The summed E-state index contributed by atoms with van der Waals surface area (Å²) < 4.78 is 37.0. The lowest BCUT2D eigenvalue weighted by atomic mass is 10.2. The van der Waals surface area contributed by atoms with Crippen molar-refractivity contribution in [1.82, 2.24) is 0 Å². The summed E-state index contributed by atoms with van der Waals surface area (Å²) in [5.74, 6) is -3.21. The Balaban J connectivity index is 3.15. The Labute approximate surface area is 195 Å². The van der Waals surface area contributed by atoms with Gasteiger partial charge in [0.1, 0.15) is 6.61 Å². The average Bonchev–Trinajstić information content (AvgIpc) is 2.80. The number of rotatable bonds is 26. The van der Waals surface area contributed by atoms with E-state index in [-0.39, 0.29) is 26.1 Å². The third kappa shape index (κ3) is 24.8. The van der Waals surface area contributed by atoms with E-state index in [1.54, 1.807) is 0 Å². The monoisotopic (exact) mass is 480 g/mol. The van der Waals surface area contributed by atoms with E-state index in [0.717, 1.165) is 13.0 Å². The minimum atomic E-state index is -1.56. The van der Waals surface area contributed by atoms with Crippen LogP contribution in [0.5, 0.6) is 0 Å².